The van der Waals surface area contributed by atoms with Crippen molar-refractivity contribution >= 4 is 33.2 Å². The van der Waals surface area contributed by atoms with Crippen molar-refractivity contribution in [1.82, 2.24) is 9.97 Å². The molecule has 0 fully saturated rings. The average molecular weight is 308 g/mol. The van der Waals surface area contributed by atoms with Crippen LogP contribution in [0.3, 0.4) is 0 Å². The summed E-state index contributed by atoms with van der Waals surface area (Å²) in [4.78, 5) is 14.0. The number of nitrogen functional groups attached to an aromatic ring is 1. The smallest absolute Gasteiger partial charge is 0.207 e. The van der Waals surface area contributed by atoms with Crippen LogP contribution in [0, 0.1) is 18.4 Å². The lowest BCUT2D eigenvalue weighted by Gasteiger charge is -2.03. The van der Waals surface area contributed by atoms with E-state index >= 15 is 0 Å². The first kappa shape index (κ1) is 14.0. The summed E-state index contributed by atoms with van der Waals surface area (Å²) in [5.74, 6) is 1.13. The lowest BCUT2D eigenvalue weighted by molar-refractivity contribution is 1.24. The first-order valence-electron chi connectivity index (χ1n) is 6.46. The number of nitriles is 1. The summed E-state index contributed by atoms with van der Waals surface area (Å²) in [6.45, 7) is 1.87. The van der Waals surface area contributed by atoms with Gasteiger partial charge in [-0.3, -0.25) is 0 Å². The van der Waals surface area contributed by atoms with Crippen LogP contribution in [0.2, 0.25) is 0 Å². The van der Waals surface area contributed by atoms with Crippen molar-refractivity contribution in [1.29, 1.82) is 5.26 Å². The van der Waals surface area contributed by atoms with Crippen LogP contribution in [-0.4, -0.2) is 15.8 Å². The van der Waals surface area contributed by atoms with Crippen molar-refractivity contribution in [2.45, 2.75) is 6.92 Å². The van der Waals surface area contributed by atoms with Crippen molar-refractivity contribution in [3.05, 3.63) is 40.8 Å². The Morgan fingerprint density at radius 1 is 1.27 bits per heavy atom. The molecule has 0 atom stereocenters. The predicted octanol–water partition coefficient (Wildman–Crippen LogP) is 2.44. The zero-order valence-electron chi connectivity index (χ0n) is 11.7. The maximum absolute atomic E-state index is 8.65. The summed E-state index contributed by atoms with van der Waals surface area (Å²) in [7, 11) is 0. The van der Waals surface area contributed by atoms with Gasteiger partial charge in [-0.25, -0.2) is 9.97 Å². The second kappa shape index (κ2) is 5.42. The van der Waals surface area contributed by atoms with Gasteiger partial charge in [-0.2, -0.15) is 10.3 Å². The summed E-state index contributed by atoms with van der Waals surface area (Å²) in [6, 6.07) is 9.61. The second-order valence-corrected chi connectivity index (χ2v) is 5.63. The molecule has 0 bridgehead atoms. The highest BCUT2D eigenvalue weighted by atomic mass is 32.1. The molecule has 2 aromatic heterocycles. The predicted molar refractivity (Wildman–Crippen MR) is 88.3 cm³/mol. The Hall–Kier alpha value is -2.98. The van der Waals surface area contributed by atoms with E-state index in [0.717, 1.165) is 21.3 Å². The van der Waals surface area contributed by atoms with E-state index in [4.69, 9.17) is 16.7 Å². The molecular weight excluding hydrogens is 296 g/mol. The Morgan fingerprint density at radius 2 is 2.00 bits per heavy atom. The van der Waals surface area contributed by atoms with E-state index in [9.17, 15) is 0 Å². The largest absolute Gasteiger partial charge is 0.383 e. The SMILES string of the molecule is Cc1c(C(N)=NC#N)sc2nc(-c3ccccc3)nc(N)c12. The molecule has 4 N–H and O–H groups in total. The Labute approximate surface area is 130 Å². The van der Waals surface area contributed by atoms with Crippen LogP contribution >= 0.6 is 11.3 Å². The number of aromatic nitrogens is 2. The summed E-state index contributed by atoms with van der Waals surface area (Å²) < 4.78 is 0. The number of anilines is 1. The zero-order valence-corrected chi connectivity index (χ0v) is 12.6. The lowest BCUT2D eigenvalue weighted by atomic mass is 10.1. The van der Waals surface area contributed by atoms with Gasteiger partial charge in [0, 0.05) is 5.56 Å². The lowest BCUT2D eigenvalue weighted by Crippen LogP contribution is -2.12. The maximum Gasteiger partial charge on any atom is 0.207 e. The summed E-state index contributed by atoms with van der Waals surface area (Å²) in [6.07, 6.45) is 1.69. The zero-order chi connectivity index (χ0) is 15.7. The molecular formula is C15H12N6S. The Bertz CT molecular complexity index is 921. The fourth-order valence-corrected chi connectivity index (χ4v) is 3.33. The molecule has 2 heterocycles. The van der Waals surface area contributed by atoms with Crippen molar-refractivity contribution in [2.75, 3.05) is 5.73 Å². The molecule has 0 radical (unpaired) electrons. The molecule has 6 nitrogen and oxygen atoms in total. The number of aliphatic imine (C=N–C) groups is 1. The molecule has 108 valence electrons. The minimum absolute atomic E-state index is 0.170. The van der Waals surface area contributed by atoms with E-state index in [1.807, 2.05) is 37.3 Å². The Balaban J connectivity index is 2.24. The van der Waals surface area contributed by atoms with E-state index < -0.39 is 0 Å². The topological polar surface area (TPSA) is 114 Å². The average Bonchev–Trinajstić information content (AvgIpc) is 2.86. The van der Waals surface area contributed by atoms with Gasteiger partial charge in [-0.15, -0.1) is 11.3 Å². The van der Waals surface area contributed by atoms with Crippen LogP contribution in [0.5, 0.6) is 0 Å². The van der Waals surface area contributed by atoms with Crippen molar-refractivity contribution in [2.24, 2.45) is 10.7 Å². The molecule has 22 heavy (non-hydrogen) atoms. The molecule has 3 rings (SSSR count). The summed E-state index contributed by atoms with van der Waals surface area (Å²) in [5, 5.41) is 9.41. The van der Waals surface area contributed by atoms with Gasteiger partial charge in [0.25, 0.3) is 0 Å². The molecule has 3 aromatic rings. The second-order valence-electron chi connectivity index (χ2n) is 4.63. The highest BCUT2D eigenvalue weighted by Gasteiger charge is 2.17. The third-order valence-corrected chi connectivity index (χ3v) is 4.46. The minimum Gasteiger partial charge on any atom is -0.383 e. The van der Waals surface area contributed by atoms with Gasteiger partial charge in [0.15, 0.2) is 11.7 Å². The minimum atomic E-state index is 0.170. The number of hydrogen-bond acceptors (Lipinski definition) is 6. The molecule has 0 saturated heterocycles. The van der Waals surface area contributed by atoms with Gasteiger partial charge in [-0.05, 0) is 12.5 Å². The molecule has 0 unspecified atom stereocenters. The fourth-order valence-electron chi connectivity index (χ4n) is 2.24. The van der Waals surface area contributed by atoms with Gasteiger partial charge in [-0.1, -0.05) is 30.3 Å². The number of thiophene rings is 1. The van der Waals surface area contributed by atoms with E-state index in [0.29, 0.717) is 16.5 Å². The van der Waals surface area contributed by atoms with Gasteiger partial charge >= 0.3 is 0 Å². The highest BCUT2D eigenvalue weighted by molar-refractivity contribution is 7.20. The van der Waals surface area contributed by atoms with Gasteiger partial charge in [0.1, 0.15) is 10.6 Å². The third-order valence-electron chi connectivity index (χ3n) is 3.25. The Kier molecular flexibility index (Phi) is 3.45. The summed E-state index contributed by atoms with van der Waals surface area (Å²) in [5.41, 5.74) is 13.6. The number of nitrogens with zero attached hydrogens (tertiary/aromatic N) is 4. The van der Waals surface area contributed by atoms with E-state index in [-0.39, 0.29) is 5.84 Å². The van der Waals surface area contributed by atoms with Crippen LogP contribution < -0.4 is 11.5 Å². The third kappa shape index (κ3) is 2.25. The monoisotopic (exact) mass is 308 g/mol. The first-order valence-corrected chi connectivity index (χ1v) is 7.28. The summed E-state index contributed by atoms with van der Waals surface area (Å²) >= 11 is 1.36. The number of nitrogens with two attached hydrogens (primary N) is 2. The Morgan fingerprint density at radius 3 is 2.68 bits per heavy atom. The van der Waals surface area contributed by atoms with Crippen molar-refractivity contribution in [3.63, 3.8) is 0 Å². The number of hydrogen-bond donors (Lipinski definition) is 2. The van der Waals surface area contributed by atoms with E-state index in [2.05, 4.69) is 15.0 Å². The van der Waals surface area contributed by atoms with Crippen LogP contribution in [0.25, 0.3) is 21.6 Å². The highest BCUT2D eigenvalue weighted by Crippen LogP contribution is 2.34. The molecule has 0 aliphatic heterocycles. The maximum atomic E-state index is 8.65. The van der Waals surface area contributed by atoms with Gasteiger partial charge in [0.05, 0.1) is 10.3 Å². The van der Waals surface area contributed by atoms with E-state index in [1.165, 1.54) is 11.3 Å². The molecule has 1 aromatic carbocycles. The standard InChI is InChI=1S/C15H12N6S/c1-8-10-12(17)20-14(9-5-3-2-4-6-9)21-15(10)22-11(8)13(18)19-7-16/h2-6H,1H3,(H2,18,19)(H2,17,20,21). The molecule has 0 aliphatic carbocycles. The normalized spacial score (nSPS) is 11.5. The molecule has 7 heteroatoms. The first-order chi connectivity index (χ1) is 10.6. The van der Waals surface area contributed by atoms with Crippen LogP contribution in [0.15, 0.2) is 35.3 Å². The van der Waals surface area contributed by atoms with Gasteiger partial charge in [0.2, 0.25) is 6.19 Å². The van der Waals surface area contributed by atoms with Gasteiger partial charge < -0.3 is 11.5 Å². The van der Waals surface area contributed by atoms with Crippen LogP contribution in [0.4, 0.5) is 5.82 Å². The molecule has 0 amide bonds. The van der Waals surface area contributed by atoms with E-state index in [1.54, 1.807) is 6.19 Å². The number of aryl methyl sites for hydroxylation is 1. The number of rotatable bonds is 2. The quantitative estimate of drug-likeness (QED) is 0.429. The molecule has 0 saturated carbocycles. The van der Waals surface area contributed by atoms with Crippen LogP contribution in [-0.2, 0) is 0 Å². The molecule has 0 spiro atoms. The molecule has 0 aliphatic rings. The van der Waals surface area contributed by atoms with Crippen LogP contribution in [0.1, 0.15) is 10.4 Å². The fraction of sp³-hybridized carbons (Fsp3) is 0.0667. The number of amidine groups is 1. The van der Waals surface area contributed by atoms with Crippen molar-refractivity contribution in [3.8, 4) is 17.6 Å². The van der Waals surface area contributed by atoms with Crippen molar-refractivity contribution < 1.29 is 0 Å². The number of benzene rings is 1. The number of fused-ring (bicyclic) bond motifs is 1.